The second-order valence-corrected chi connectivity index (χ2v) is 5.68. The van der Waals surface area contributed by atoms with E-state index in [2.05, 4.69) is 26.6 Å². The molecule has 1 amide bonds. The molecule has 0 spiro atoms. The van der Waals surface area contributed by atoms with E-state index in [1.54, 1.807) is 30.0 Å². The monoisotopic (exact) mass is 356 g/mol. The molecular weight excluding hydrogens is 347 g/mol. The molecule has 1 aromatic carbocycles. The second kappa shape index (κ2) is 6.85. The molecule has 2 N–H and O–H groups in total. The van der Waals surface area contributed by atoms with Gasteiger partial charge in [-0.3, -0.25) is 10.1 Å². The Hall–Kier alpha value is 0.0600. The molecule has 0 bridgehead atoms. The summed E-state index contributed by atoms with van der Waals surface area (Å²) in [6.07, 6.45) is 0. The highest BCUT2D eigenvalue weighted by molar-refractivity contribution is 9.10. The lowest BCUT2D eigenvalue weighted by Crippen LogP contribution is -2.37. The number of carbonyl (C=O) groups excluding carboxylic acids is 1. The van der Waals surface area contributed by atoms with Crippen LogP contribution in [0.2, 0.25) is 5.02 Å². The van der Waals surface area contributed by atoms with E-state index >= 15 is 0 Å². The summed E-state index contributed by atoms with van der Waals surface area (Å²) in [6.45, 7) is 0. The van der Waals surface area contributed by atoms with Crippen molar-refractivity contribution in [3.05, 3.63) is 27.7 Å². The second-order valence-electron chi connectivity index (χ2n) is 3.39. The van der Waals surface area contributed by atoms with Crippen LogP contribution in [0.3, 0.4) is 0 Å². The molecule has 0 aromatic heterocycles. The van der Waals surface area contributed by atoms with Gasteiger partial charge in [-0.2, -0.15) is 0 Å². The van der Waals surface area contributed by atoms with Crippen molar-refractivity contribution < 1.29 is 4.79 Å². The SMILES string of the molecule is Cl.O=C(Nc1ccc(Cl)c(Br)c1)C1CSCN1. The summed E-state index contributed by atoms with van der Waals surface area (Å²) in [7, 11) is 0. The third-order valence-corrected chi connectivity index (χ3v) is 4.37. The molecule has 1 aliphatic heterocycles. The van der Waals surface area contributed by atoms with E-state index in [-0.39, 0.29) is 24.4 Å². The van der Waals surface area contributed by atoms with Gasteiger partial charge in [-0.05, 0) is 34.1 Å². The van der Waals surface area contributed by atoms with Crippen LogP contribution in [0.1, 0.15) is 0 Å². The fraction of sp³-hybridized carbons (Fsp3) is 0.300. The smallest absolute Gasteiger partial charge is 0.242 e. The van der Waals surface area contributed by atoms with Gasteiger partial charge >= 0.3 is 0 Å². The molecule has 1 aliphatic rings. The van der Waals surface area contributed by atoms with Crippen molar-refractivity contribution >= 4 is 63.3 Å². The minimum atomic E-state index is -0.0977. The Morgan fingerprint density at radius 1 is 1.59 bits per heavy atom. The highest BCUT2D eigenvalue weighted by Gasteiger charge is 2.22. The summed E-state index contributed by atoms with van der Waals surface area (Å²) in [5.41, 5.74) is 0.750. The van der Waals surface area contributed by atoms with E-state index in [1.165, 1.54) is 0 Å². The van der Waals surface area contributed by atoms with Crippen molar-refractivity contribution in [2.45, 2.75) is 6.04 Å². The third-order valence-electron chi connectivity index (χ3n) is 2.22. The predicted octanol–water partition coefficient (Wildman–Crippen LogP) is 3.13. The molecule has 17 heavy (non-hydrogen) atoms. The molecule has 1 saturated heterocycles. The number of carbonyl (C=O) groups is 1. The Labute approximate surface area is 124 Å². The topological polar surface area (TPSA) is 41.1 Å². The van der Waals surface area contributed by atoms with E-state index in [1.807, 2.05) is 0 Å². The van der Waals surface area contributed by atoms with Crippen molar-refractivity contribution in [1.29, 1.82) is 0 Å². The van der Waals surface area contributed by atoms with Gasteiger partial charge in [-0.15, -0.1) is 24.2 Å². The Kier molecular flexibility index (Phi) is 6.09. The van der Waals surface area contributed by atoms with Crippen LogP contribution < -0.4 is 10.6 Å². The number of anilines is 1. The first-order chi connectivity index (χ1) is 7.66. The Balaban J connectivity index is 0.00000144. The van der Waals surface area contributed by atoms with Crippen molar-refractivity contribution in [3.8, 4) is 0 Å². The van der Waals surface area contributed by atoms with Crippen LogP contribution in [-0.2, 0) is 4.79 Å². The van der Waals surface area contributed by atoms with Gasteiger partial charge in [0.25, 0.3) is 0 Å². The molecule has 2 rings (SSSR count). The molecule has 0 radical (unpaired) electrons. The molecule has 7 heteroatoms. The molecule has 3 nitrogen and oxygen atoms in total. The lowest BCUT2D eigenvalue weighted by atomic mass is 10.2. The van der Waals surface area contributed by atoms with Gasteiger partial charge in [-0.25, -0.2) is 0 Å². The average Bonchev–Trinajstić information content (AvgIpc) is 2.77. The average molecular weight is 358 g/mol. The fourth-order valence-electron chi connectivity index (χ4n) is 1.37. The predicted molar refractivity (Wildman–Crippen MR) is 79.3 cm³/mol. The molecular formula is C10H11BrCl2N2OS. The van der Waals surface area contributed by atoms with E-state index in [4.69, 9.17) is 11.6 Å². The van der Waals surface area contributed by atoms with Crippen LogP contribution in [0.15, 0.2) is 22.7 Å². The molecule has 0 saturated carbocycles. The number of amides is 1. The van der Waals surface area contributed by atoms with Crippen molar-refractivity contribution in [2.24, 2.45) is 0 Å². The van der Waals surface area contributed by atoms with Gasteiger partial charge < -0.3 is 5.32 Å². The summed E-state index contributed by atoms with van der Waals surface area (Å²) in [5.74, 6) is 1.66. The van der Waals surface area contributed by atoms with Crippen molar-refractivity contribution in [1.82, 2.24) is 5.32 Å². The fourth-order valence-corrected chi connectivity index (χ4v) is 2.81. The first-order valence-corrected chi connectivity index (χ1v) is 7.06. The zero-order valence-corrected chi connectivity index (χ0v) is 12.7. The lowest BCUT2D eigenvalue weighted by Gasteiger charge is -2.10. The normalized spacial score (nSPS) is 18.6. The lowest BCUT2D eigenvalue weighted by molar-refractivity contribution is -0.117. The Bertz CT molecular complexity index is 413. The largest absolute Gasteiger partial charge is 0.325 e. The number of benzene rings is 1. The van der Waals surface area contributed by atoms with Gasteiger partial charge in [-0.1, -0.05) is 11.6 Å². The van der Waals surface area contributed by atoms with Crippen LogP contribution in [0.4, 0.5) is 5.69 Å². The van der Waals surface area contributed by atoms with Crippen LogP contribution in [0, 0.1) is 0 Å². The number of thioether (sulfide) groups is 1. The van der Waals surface area contributed by atoms with Crippen molar-refractivity contribution in [2.75, 3.05) is 16.9 Å². The van der Waals surface area contributed by atoms with Crippen LogP contribution in [-0.4, -0.2) is 23.6 Å². The standard InChI is InChI=1S/C10H10BrClN2OS.ClH/c11-7-3-6(1-2-8(7)12)14-10(15)9-4-16-5-13-9;/h1-3,9,13H,4-5H2,(H,14,15);1H. The highest BCUT2D eigenvalue weighted by atomic mass is 79.9. The van der Waals surface area contributed by atoms with Crippen LogP contribution in [0.5, 0.6) is 0 Å². The molecule has 1 aromatic rings. The van der Waals surface area contributed by atoms with E-state index in [0.717, 1.165) is 21.8 Å². The van der Waals surface area contributed by atoms with Crippen molar-refractivity contribution in [3.63, 3.8) is 0 Å². The van der Waals surface area contributed by atoms with Gasteiger partial charge in [0.05, 0.1) is 11.1 Å². The maximum atomic E-state index is 11.8. The Morgan fingerprint density at radius 3 is 2.94 bits per heavy atom. The van der Waals surface area contributed by atoms with Crippen LogP contribution >= 0.6 is 51.7 Å². The van der Waals surface area contributed by atoms with Gasteiger partial charge in [0.2, 0.25) is 5.91 Å². The quantitative estimate of drug-likeness (QED) is 0.854. The third kappa shape index (κ3) is 4.03. The molecule has 1 atom stereocenters. The summed E-state index contributed by atoms with van der Waals surface area (Å²) in [4.78, 5) is 11.8. The van der Waals surface area contributed by atoms with E-state index in [0.29, 0.717) is 5.02 Å². The minimum absolute atomic E-state index is 0. The first-order valence-electron chi connectivity index (χ1n) is 4.74. The molecule has 1 unspecified atom stereocenters. The van der Waals surface area contributed by atoms with Crippen LogP contribution in [0.25, 0.3) is 0 Å². The zero-order valence-electron chi connectivity index (χ0n) is 8.70. The molecule has 94 valence electrons. The van der Waals surface area contributed by atoms with E-state index in [9.17, 15) is 4.79 Å². The minimum Gasteiger partial charge on any atom is -0.325 e. The van der Waals surface area contributed by atoms with Gasteiger partial charge in [0.1, 0.15) is 0 Å². The number of nitrogens with one attached hydrogen (secondary N) is 2. The van der Waals surface area contributed by atoms with Gasteiger partial charge in [0, 0.05) is 21.8 Å². The number of hydrogen-bond acceptors (Lipinski definition) is 3. The summed E-state index contributed by atoms with van der Waals surface area (Å²) in [5, 5.41) is 6.60. The first kappa shape index (κ1) is 15.1. The number of halogens is 3. The van der Waals surface area contributed by atoms with Gasteiger partial charge in [0.15, 0.2) is 0 Å². The summed E-state index contributed by atoms with van der Waals surface area (Å²) in [6, 6.07) is 5.23. The van der Waals surface area contributed by atoms with E-state index < -0.39 is 0 Å². The Morgan fingerprint density at radius 2 is 2.35 bits per heavy atom. The maximum absolute atomic E-state index is 11.8. The molecule has 1 fully saturated rings. The maximum Gasteiger partial charge on any atom is 0.242 e. The summed E-state index contributed by atoms with van der Waals surface area (Å²) < 4.78 is 0.778. The number of rotatable bonds is 2. The number of hydrogen-bond donors (Lipinski definition) is 2. The highest BCUT2D eigenvalue weighted by Crippen LogP contribution is 2.25. The molecule has 0 aliphatic carbocycles. The molecule has 1 heterocycles. The zero-order chi connectivity index (χ0) is 11.5. The summed E-state index contributed by atoms with van der Waals surface area (Å²) >= 11 is 10.9.